The van der Waals surface area contributed by atoms with E-state index in [1.54, 1.807) is 6.07 Å². The number of aliphatic hydroxyl groups excluding tert-OH is 1. The molecule has 78 valence electrons. The van der Waals surface area contributed by atoms with Gasteiger partial charge in [-0.1, -0.05) is 15.9 Å². The van der Waals surface area contributed by atoms with Crippen molar-refractivity contribution < 1.29 is 9.52 Å². The van der Waals surface area contributed by atoms with Crippen molar-refractivity contribution >= 4 is 31.9 Å². The molecule has 1 N–H and O–H groups in total. The molecule has 0 unspecified atom stereocenters. The van der Waals surface area contributed by atoms with E-state index in [-0.39, 0.29) is 6.61 Å². The maximum Gasteiger partial charge on any atom is 0.135 e. The third-order valence-corrected chi connectivity index (χ3v) is 3.16. The number of hydrogen-bond acceptors (Lipinski definition) is 2. The summed E-state index contributed by atoms with van der Waals surface area (Å²) in [5.41, 5.74) is 0.970. The summed E-state index contributed by atoms with van der Waals surface area (Å²) in [6.07, 6.45) is 0. The van der Waals surface area contributed by atoms with E-state index in [0.717, 1.165) is 20.3 Å². The van der Waals surface area contributed by atoms with Crippen LogP contribution in [0.5, 0.6) is 0 Å². The van der Waals surface area contributed by atoms with Crippen LogP contribution in [0.2, 0.25) is 0 Å². The lowest BCUT2D eigenvalue weighted by Crippen LogP contribution is -1.78. The summed E-state index contributed by atoms with van der Waals surface area (Å²) in [4.78, 5) is 0. The van der Waals surface area contributed by atoms with Crippen molar-refractivity contribution in [2.75, 3.05) is 0 Å². The average molecular weight is 332 g/mol. The summed E-state index contributed by atoms with van der Waals surface area (Å²) >= 11 is 6.85. The fourth-order valence-corrected chi connectivity index (χ4v) is 2.54. The molecule has 1 aromatic heterocycles. The van der Waals surface area contributed by atoms with E-state index in [9.17, 15) is 0 Å². The van der Waals surface area contributed by atoms with E-state index in [4.69, 9.17) is 9.52 Å². The first-order chi connectivity index (χ1) is 7.20. The molecule has 0 bridgehead atoms. The van der Waals surface area contributed by atoms with Gasteiger partial charge in [0.25, 0.3) is 0 Å². The Morgan fingerprint density at radius 1 is 1.13 bits per heavy atom. The van der Waals surface area contributed by atoms with Crippen molar-refractivity contribution in [3.63, 3.8) is 0 Å². The van der Waals surface area contributed by atoms with Crippen LogP contribution in [0.25, 0.3) is 11.3 Å². The first-order valence-electron chi connectivity index (χ1n) is 4.35. The Kier molecular flexibility index (Phi) is 3.29. The van der Waals surface area contributed by atoms with Crippen molar-refractivity contribution in [2.45, 2.75) is 6.61 Å². The van der Waals surface area contributed by atoms with Gasteiger partial charge in [0.2, 0.25) is 0 Å². The minimum Gasteiger partial charge on any atom is -0.459 e. The second-order valence-electron chi connectivity index (χ2n) is 3.05. The van der Waals surface area contributed by atoms with Crippen LogP contribution < -0.4 is 0 Å². The van der Waals surface area contributed by atoms with Gasteiger partial charge in [-0.05, 0) is 46.3 Å². The molecule has 0 aliphatic rings. The molecule has 0 atom stereocenters. The highest BCUT2D eigenvalue weighted by Gasteiger charge is 2.07. The number of furan rings is 1. The predicted octanol–water partition coefficient (Wildman–Crippen LogP) is 3.96. The van der Waals surface area contributed by atoms with Crippen molar-refractivity contribution in [1.29, 1.82) is 0 Å². The molecule has 0 saturated carbocycles. The topological polar surface area (TPSA) is 33.4 Å². The number of hydrogen-bond donors (Lipinski definition) is 1. The molecule has 0 spiro atoms. The quantitative estimate of drug-likeness (QED) is 0.903. The molecule has 2 aromatic rings. The largest absolute Gasteiger partial charge is 0.459 e. The lowest BCUT2D eigenvalue weighted by Gasteiger charge is -2.01. The van der Waals surface area contributed by atoms with E-state index < -0.39 is 0 Å². The van der Waals surface area contributed by atoms with E-state index in [1.807, 2.05) is 24.3 Å². The Labute approximate surface area is 104 Å². The van der Waals surface area contributed by atoms with Gasteiger partial charge >= 0.3 is 0 Å². The third-order valence-electron chi connectivity index (χ3n) is 2.01. The first-order valence-corrected chi connectivity index (χ1v) is 5.94. The maximum atomic E-state index is 8.90. The minimum absolute atomic E-state index is 0.0753. The zero-order valence-corrected chi connectivity index (χ0v) is 10.9. The van der Waals surface area contributed by atoms with Gasteiger partial charge in [-0.15, -0.1) is 0 Å². The average Bonchev–Trinajstić information content (AvgIpc) is 2.66. The number of benzene rings is 1. The van der Waals surface area contributed by atoms with Gasteiger partial charge in [0, 0.05) is 14.5 Å². The highest BCUT2D eigenvalue weighted by molar-refractivity contribution is 9.11. The summed E-state index contributed by atoms with van der Waals surface area (Å²) < 4.78 is 7.41. The smallest absolute Gasteiger partial charge is 0.135 e. The van der Waals surface area contributed by atoms with Crippen LogP contribution >= 0.6 is 31.9 Å². The van der Waals surface area contributed by atoms with Crippen molar-refractivity contribution in [1.82, 2.24) is 0 Å². The molecule has 0 aliphatic heterocycles. The summed E-state index contributed by atoms with van der Waals surface area (Å²) in [6.45, 7) is -0.0753. The molecule has 0 fully saturated rings. The van der Waals surface area contributed by atoms with E-state index in [0.29, 0.717) is 5.76 Å². The Morgan fingerprint density at radius 3 is 2.53 bits per heavy atom. The van der Waals surface area contributed by atoms with Gasteiger partial charge in [-0.2, -0.15) is 0 Å². The lowest BCUT2D eigenvalue weighted by molar-refractivity contribution is 0.248. The number of rotatable bonds is 2. The molecule has 0 aliphatic carbocycles. The number of aliphatic hydroxyl groups is 1. The van der Waals surface area contributed by atoms with Crippen molar-refractivity contribution in [3.8, 4) is 11.3 Å². The predicted molar refractivity (Wildman–Crippen MR) is 65.5 cm³/mol. The zero-order valence-electron chi connectivity index (χ0n) is 7.71. The van der Waals surface area contributed by atoms with Crippen LogP contribution in [-0.2, 0) is 6.61 Å². The molecule has 1 heterocycles. The maximum absolute atomic E-state index is 8.90. The second-order valence-corrected chi connectivity index (χ2v) is 4.82. The minimum atomic E-state index is -0.0753. The Bertz CT molecular complexity index is 477. The van der Waals surface area contributed by atoms with Crippen LogP contribution in [0.3, 0.4) is 0 Å². The molecule has 2 nitrogen and oxygen atoms in total. The molecule has 15 heavy (non-hydrogen) atoms. The Morgan fingerprint density at radius 2 is 1.93 bits per heavy atom. The van der Waals surface area contributed by atoms with Crippen LogP contribution in [0, 0.1) is 0 Å². The molecule has 0 radical (unpaired) electrons. The van der Waals surface area contributed by atoms with E-state index in [2.05, 4.69) is 31.9 Å². The molecule has 2 rings (SSSR count). The molecule has 1 aromatic carbocycles. The van der Waals surface area contributed by atoms with Gasteiger partial charge in [0.1, 0.15) is 18.1 Å². The molecular formula is C11H8Br2O2. The first kappa shape index (κ1) is 10.9. The third kappa shape index (κ3) is 2.33. The molecular weight excluding hydrogens is 324 g/mol. The molecule has 0 saturated heterocycles. The van der Waals surface area contributed by atoms with Crippen LogP contribution in [0.1, 0.15) is 5.76 Å². The summed E-state index contributed by atoms with van der Waals surface area (Å²) in [6, 6.07) is 9.47. The second kappa shape index (κ2) is 4.51. The normalized spacial score (nSPS) is 10.6. The van der Waals surface area contributed by atoms with Gasteiger partial charge in [0.15, 0.2) is 0 Å². The molecule has 4 heteroatoms. The Hall–Kier alpha value is -0.580. The van der Waals surface area contributed by atoms with Crippen LogP contribution in [0.4, 0.5) is 0 Å². The SMILES string of the molecule is OCc1ccc(-c2ccc(Br)cc2Br)o1. The highest BCUT2D eigenvalue weighted by Crippen LogP contribution is 2.31. The van der Waals surface area contributed by atoms with Gasteiger partial charge in [0.05, 0.1) is 0 Å². The van der Waals surface area contributed by atoms with Crippen molar-refractivity contribution in [2.24, 2.45) is 0 Å². The van der Waals surface area contributed by atoms with Gasteiger partial charge in [-0.25, -0.2) is 0 Å². The van der Waals surface area contributed by atoms with Crippen LogP contribution in [0.15, 0.2) is 43.7 Å². The van der Waals surface area contributed by atoms with Crippen LogP contribution in [-0.4, -0.2) is 5.11 Å². The zero-order chi connectivity index (χ0) is 10.8. The monoisotopic (exact) mass is 330 g/mol. The van der Waals surface area contributed by atoms with E-state index in [1.165, 1.54) is 0 Å². The van der Waals surface area contributed by atoms with E-state index >= 15 is 0 Å². The Balaban J connectivity index is 2.44. The summed E-state index contributed by atoms with van der Waals surface area (Å²) in [7, 11) is 0. The number of halogens is 2. The van der Waals surface area contributed by atoms with Gasteiger partial charge in [-0.3, -0.25) is 0 Å². The molecule has 0 amide bonds. The highest BCUT2D eigenvalue weighted by atomic mass is 79.9. The standard InChI is InChI=1S/C11H8Br2O2/c12-7-1-3-9(10(13)5-7)11-4-2-8(6-14)15-11/h1-5,14H,6H2. The van der Waals surface area contributed by atoms with Crippen molar-refractivity contribution in [3.05, 3.63) is 45.0 Å². The fraction of sp³-hybridized carbons (Fsp3) is 0.0909. The summed E-state index contributed by atoms with van der Waals surface area (Å²) in [5, 5.41) is 8.90. The fourth-order valence-electron chi connectivity index (χ4n) is 1.30. The summed E-state index contributed by atoms with van der Waals surface area (Å²) in [5.74, 6) is 1.32. The lowest BCUT2D eigenvalue weighted by atomic mass is 10.2. The van der Waals surface area contributed by atoms with Gasteiger partial charge < -0.3 is 9.52 Å².